The third-order valence-corrected chi connectivity index (χ3v) is 2.87. The molecule has 1 unspecified atom stereocenters. The van der Waals surface area contributed by atoms with Crippen molar-refractivity contribution in [3.8, 4) is 0 Å². The minimum atomic E-state index is -3.53. The van der Waals surface area contributed by atoms with Crippen LogP contribution in [0.2, 0.25) is 0 Å². The fourth-order valence-electron chi connectivity index (χ4n) is 0.804. The lowest BCUT2D eigenvalue weighted by Gasteiger charge is -2.10. The first kappa shape index (κ1) is 13.3. The second-order valence-electron chi connectivity index (χ2n) is 2.85. The van der Waals surface area contributed by atoms with Gasteiger partial charge in [-0.25, -0.2) is 8.42 Å². The van der Waals surface area contributed by atoms with Crippen LogP contribution in [-0.2, 0) is 19.6 Å². The second kappa shape index (κ2) is 5.94. The Hall–Kier alpha value is -0.660. The van der Waals surface area contributed by atoms with Gasteiger partial charge in [-0.15, -0.1) is 0 Å². The van der Waals surface area contributed by atoms with Crippen LogP contribution in [-0.4, -0.2) is 39.8 Å². The molecular formula is C7H16N2O4S. The maximum absolute atomic E-state index is 11.1. The molecule has 0 fully saturated rings. The minimum Gasteiger partial charge on any atom is -0.383 e. The molecular weight excluding hydrogens is 208 g/mol. The van der Waals surface area contributed by atoms with E-state index in [1.807, 2.05) is 4.72 Å². The van der Waals surface area contributed by atoms with E-state index in [4.69, 9.17) is 5.73 Å². The zero-order chi connectivity index (χ0) is 11.2. The van der Waals surface area contributed by atoms with Crippen LogP contribution in [0.15, 0.2) is 0 Å². The molecule has 84 valence electrons. The van der Waals surface area contributed by atoms with E-state index in [0.717, 1.165) is 0 Å². The van der Waals surface area contributed by atoms with Crippen LogP contribution in [0.25, 0.3) is 0 Å². The minimum absolute atomic E-state index is 0.00647. The van der Waals surface area contributed by atoms with Crippen LogP contribution in [0.4, 0.5) is 0 Å². The Labute approximate surface area is 83.9 Å². The topological polar surface area (TPSA) is 98.5 Å². The predicted molar refractivity (Wildman–Crippen MR) is 52.1 cm³/mol. The van der Waals surface area contributed by atoms with E-state index in [1.165, 1.54) is 7.11 Å². The van der Waals surface area contributed by atoms with Gasteiger partial charge < -0.3 is 10.5 Å². The summed E-state index contributed by atoms with van der Waals surface area (Å²) in [7, 11) is -2.15. The summed E-state index contributed by atoms with van der Waals surface area (Å²) in [6, 6.07) is -0.952. The highest BCUT2D eigenvalue weighted by Crippen LogP contribution is 1.90. The first-order chi connectivity index (χ1) is 6.43. The SMILES string of the molecule is CCCS(=O)(=O)NC(=O)C(N)COC. The molecule has 0 radical (unpaired) electrons. The zero-order valence-electron chi connectivity index (χ0n) is 8.32. The Morgan fingerprint density at radius 2 is 2.14 bits per heavy atom. The number of carbonyl (C=O) groups is 1. The van der Waals surface area contributed by atoms with Gasteiger partial charge >= 0.3 is 0 Å². The van der Waals surface area contributed by atoms with Crippen molar-refractivity contribution in [3.05, 3.63) is 0 Å². The van der Waals surface area contributed by atoms with Crippen LogP contribution in [0.1, 0.15) is 13.3 Å². The summed E-state index contributed by atoms with van der Waals surface area (Å²) >= 11 is 0. The van der Waals surface area contributed by atoms with Crippen LogP contribution >= 0.6 is 0 Å². The average molecular weight is 224 g/mol. The van der Waals surface area contributed by atoms with Crippen molar-refractivity contribution in [1.29, 1.82) is 0 Å². The number of nitrogens with two attached hydrogens (primary N) is 1. The molecule has 0 saturated carbocycles. The molecule has 0 spiro atoms. The van der Waals surface area contributed by atoms with Crippen molar-refractivity contribution in [1.82, 2.24) is 4.72 Å². The highest BCUT2D eigenvalue weighted by atomic mass is 32.2. The van der Waals surface area contributed by atoms with E-state index in [9.17, 15) is 13.2 Å². The quantitative estimate of drug-likeness (QED) is 0.591. The summed E-state index contributed by atoms with van der Waals surface area (Å²) < 4.78 is 28.7. The molecule has 0 aliphatic heterocycles. The van der Waals surface area contributed by atoms with Gasteiger partial charge in [0.15, 0.2) is 0 Å². The smallest absolute Gasteiger partial charge is 0.252 e. The number of rotatable bonds is 6. The van der Waals surface area contributed by atoms with Gasteiger partial charge in [-0.05, 0) is 6.42 Å². The number of carbonyl (C=O) groups excluding carboxylic acids is 1. The third-order valence-electron chi connectivity index (χ3n) is 1.41. The summed E-state index contributed by atoms with van der Waals surface area (Å²) in [6.07, 6.45) is 0.447. The number of hydrogen-bond donors (Lipinski definition) is 2. The standard InChI is InChI=1S/C7H16N2O4S/c1-3-4-14(11,12)9-7(10)6(8)5-13-2/h6H,3-5,8H2,1-2H3,(H,9,10). The van der Waals surface area contributed by atoms with Gasteiger partial charge in [-0.2, -0.15) is 0 Å². The van der Waals surface area contributed by atoms with Crippen molar-refractivity contribution < 1.29 is 17.9 Å². The molecule has 14 heavy (non-hydrogen) atoms. The second-order valence-corrected chi connectivity index (χ2v) is 4.69. The number of methoxy groups -OCH3 is 1. The lowest BCUT2D eigenvalue weighted by Crippen LogP contribution is -2.46. The summed E-state index contributed by atoms with van der Waals surface area (Å²) in [5.74, 6) is -0.821. The third kappa shape index (κ3) is 5.15. The number of ether oxygens (including phenoxy) is 1. The first-order valence-corrected chi connectivity index (χ1v) is 5.87. The van der Waals surface area contributed by atoms with Gasteiger partial charge in [0.05, 0.1) is 12.4 Å². The molecule has 0 aromatic carbocycles. The van der Waals surface area contributed by atoms with Gasteiger partial charge in [-0.1, -0.05) is 6.92 Å². The Morgan fingerprint density at radius 3 is 2.57 bits per heavy atom. The van der Waals surface area contributed by atoms with E-state index in [-0.39, 0.29) is 12.4 Å². The Morgan fingerprint density at radius 1 is 1.57 bits per heavy atom. The highest BCUT2D eigenvalue weighted by Gasteiger charge is 2.19. The fraction of sp³-hybridized carbons (Fsp3) is 0.857. The average Bonchev–Trinajstić information content (AvgIpc) is 2.03. The Bertz CT molecular complexity index is 275. The molecule has 0 rings (SSSR count). The molecule has 0 aromatic rings. The zero-order valence-corrected chi connectivity index (χ0v) is 9.13. The summed E-state index contributed by atoms with van der Waals surface area (Å²) in [4.78, 5) is 11.1. The molecule has 6 nitrogen and oxygen atoms in total. The number of nitrogens with one attached hydrogen (secondary N) is 1. The van der Waals surface area contributed by atoms with Gasteiger partial charge in [0.1, 0.15) is 6.04 Å². The maximum atomic E-state index is 11.1. The summed E-state index contributed by atoms with van der Waals surface area (Å²) in [5.41, 5.74) is 5.33. The van der Waals surface area contributed by atoms with Crippen LogP contribution < -0.4 is 10.5 Å². The van der Waals surface area contributed by atoms with E-state index < -0.39 is 22.0 Å². The van der Waals surface area contributed by atoms with Gasteiger partial charge in [0.2, 0.25) is 10.0 Å². The van der Waals surface area contributed by atoms with E-state index in [0.29, 0.717) is 6.42 Å². The molecule has 0 saturated heterocycles. The van der Waals surface area contributed by atoms with E-state index >= 15 is 0 Å². The summed E-state index contributed by atoms with van der Waals surface area (Å²) in [5, 5.41) is 0. The van der Waals surface area contributed by atoms with Crippen molar-refractivity contribution in [2.45, 2.75) is 19.4 Å². The molecule has 0 heterocycles. The van der Waals surface area contributed by atoms with Crippen molar-refractivity contribution in [2.24, 2.45) is 5.73 Å². The molecule has 7 heteroatoms. The fourth-order valence-corrected chi connectivity index (χ4v) is 1.90. The van der Waals surface area contributed by atoms with Gasteiger partial charge in [-0.3, -0.25) is 9.52 Å². The number of sulfonamides is 1. The number of amides is 1. The van der Waals surface area contributed by atoms with Crippen molar-refractivity contribution >= 4 is 15.9 Å². The van der Waals surface area contributed by atoms with E-state index in [2.05, 4.69) is 4.74 Å². The van der Waals surface area contributed by atoms with Crippen molar-refractivity contribution in [2.75, 3.05) is 19.5 Å². The monoisotopic (exact) mass is 224 g/mol. The van der Waals surface area contributed by atoms with Crippen LogP contribution in [0, 0.1) is 0 Å². The maximum Gasteiger partial charge on any atom is 0.252 e. The molecule has 1 amide bonds. The van der Waals surface area contributed by atoms with E-state index in [1.54, 1.807) is 6.92 Å². The lowest BCUT2D eigenvalue weighted by molar-refractivity contribution is -0.121. The first-order valence-electron chi connectivity index (χ1n) is 4.21. The Balaban J connectivity index is 4.18. The molecule has 0 bridgehead atoms. The normalized spacial score (nSPS) is 13.6. The number of hydrogen-bond acceptors (Lipinski definition) is 5. The van der Waals surface area contributed by atoms with Crippen molar-refractivity contribution in [3.63, 3.8) is 0 Å². The van der Waals surface area contributed by atoms with Crippen LogP contribution in [0.3, 0.4) is 0 Å². The molecule has 1 atom stereocenters. The Kier molecular flexibility index (Phi) is 5.66. The summed E-state index contributed by atoms with van der Waals surface area (Å²) in [6.45, 7) is 1.70. The molecule has 0 aromatic heterocycles. The molecule has 3 N–H and O–H groups in total. The molecule has 0 aliphatic rings. The van der Waals surface area contributed by atoms with Crippen LogP contribution in [0.5, 0.6) is 0 Å². The van der Waals surface area contributed by atoms with Gasteiger partial charge in [0, 0.05) is 7.11 Å². The largest absolute Gasteiger partial charge is 0.383 e. The highest BCUT2D eigenvalue weighted by molar-refractivity contribution is 7.90. The molecule has 0 aliphatic carbocycles. The van der Waals surface area contributed by atoms with Gasteiger partial charge in [0.25, 0.3) is 5.91 Å². The lowest BCUT2D eigenvalue weighted by atomic mass is 10.3. The predicted octanol–water partition coefficient (Wildman–Crippen LogP) is -1.18.